The van der Waals surface area contributed by atoms with E-state index in [-0.39, 0.29) is 0 Å². The lowest BCUT2D eigenvalue weighted by molar-refractivity contribution is 0.187. The minimum absolute atomic E-state index is 0.417. The van der Waals surface area contributed by atoms with Crippen LogP contribution in [0.1, 0.15) is 24.0 Å². The number of nitrogens with one attached hydrogen (secondary N) is 1. The number of hydrogen-bond acceptors (Lipinski definition) is 7. The van der Waals surface area contributed by atoms with Gasteiger partial charge < -0.3 is 4.74 Å². The van der Waals surface area contributed by atoms with Crippen LogP contribution in [0.3, 0.4) is 0 Å². The van der Waals surface area contributed by atoms with E-state index in [0.717, 1.165) is 24.0 Å². The number of methoxy groups -OCH3 is 1. The van der Waals surface area contributed by atoms with Crippen molar-refractivity contribution in [2.75, 3.05) is 12.4 Å². The number of rotatable bonds is 4. The van der Waals surface area contributed by atoms with E-state index in [1.807, 2.05) is 42.5 Å². The van der Waals surface area contributed by atoms with Crippen LogP contribution in [0.25, 0.3) is 45.2 Å². The number of carbonyl (C=O) groups is 1. The van der Waals surface area contributed by atoms with Crippen molar-refractivity contribution in [1.29, 1.82) is 0 Å². The Morgan fingerprint density at radius 1 is 0.784 bits per heavy atom. The first kappa shape index (κ1) is 22.7. The van der Waals surface area contributed by atoms with Gasteiger partial charge in [0.25, 0.3) is 0 Å². The van der Waals surface area contributed by atoms with Gasteiger partial charge in [-0.1, -0.05) is 42.5 Å². The van der Waals surface area contributed by atoms with Crippen LogP contribution in [0.15, 0.2) is 73.1 Å². The summed E-state index contributed by atoms with van der Waals surface area (Å²) >= 11 is 0. The number of fused-ring (bicyclic) bond motifs is 2. The summed E-state index contributed by atoms with van der Waals surface area (Å²) in [7, 11) is 1.32. The molecular weight excluding hydrogens is 464 g/mol. The second-order valence-electron chi connectivity index (χ2n) is 8.89. The van der Waals surface area contributed by atoms with Crippen molar-refractivity contribution in [3.63, 3.8) is 0 Å². The lowest BCUT2D eigenvalue weighted by Gasteiger charge is -2.17. The summed E-state index contributed by atoms with van der Waals surface area (Å²) in [4.78, 5) is 35.7. The zero-order chi connectivity index (χ0) is 25.2. The van der Waals surface area contributed by atoms with Gasteiger partial charge in [-0.2, -0.15) is 0 Å². The monoisotopic (exact) mass is 488 g/mol. The topological polar surface area (TPSA) is 103 Å². The minimum Gasteiger partial charge on any atom is -0.453 e. The van der Waals surface area contributed by atoms with Crippen LogP contribution in [-0.2, 0) is 17.6 Å². The fourth-order valence-electron chi connectivity index (χ4n) is 4.72. The maximum atomic E-state index is 12.3. The fourth-order valence-corrected chi connectivity index (χ4v) is 4.72. The van der Waals surface area contributed by atoms with E-state index >= 15 is 0 Å². The molecule has 5 aromatic rings. The molecule has 0 saturated carbocycles. The number of nitrogens with zero attached hydrogens (tertiary/aromatic N) is 5. The van der Waals surface area contributed by atoms with Gasteiger partial charge in [0, 0.05) is 29.1 Å². The lowest BCUT2D eigenvalue weighted by Crippen LogP contribution is -2.13. The van der Waals surface area contributed by atoms with Crippen LogP contribution in [-0.4, -0.2) is 38.1 Å². The van der Waals surface area contributed by atoms with Gasteiger partial charge in [-0.05, 0) is 55.0 Å². The normalized spacial score (nSPS) is 12.7. The summed E-state index contributed by atoms with van der Waals surface area (Å²) in [6.07, 6.45) is 7.14. The predicted octanol–water partition coefficient (Wildman–Crippen LogP) is 5.87. The Morgan fingerprint density at radius 3 is 2.32 bits per heavy atom. The van der Waals surface area contributed by atoms with Crippen molar-refractivity contribution >= 4 is 22.8 Å². The lowest BCUT2D eigenvalue weighted by atomic mass is 9.90. The highest BCUT2D eigenvalue weighted by molar-refractivity contribution is 6.03. The average molecular weight is 489 g/mol. The fraction of sp³-hybridized carbons (Fsp3) is 0.172. The van der Waals surface area contributed by atoms with Crippen molar-refractivity contribution < 1.29 is 9.53 Å². The molecule has 0 bridgehead atoms. The molecule has 8 nitrogen and oxygen atoms in total. The van der Waals surface area contributed by atoms with E-state index in [1.165, 1.54) is 31.1 Å². The molecule has 0 atom stereocenters. The second-order valence-corrected chi connectivity index (χ2v) is 8.89. The van der Waals surface area contributed by atoms with Crippen molar-refractivity contribution in [1.82, 2.24) is 24.9 Å². The standard InChI is InChI=1S/C29H24N6O2/c1-37-29(36)32-24-22(13-14-23-25(24)31-16-15-30-23)28-34-26(19-8-3-2-4-9-19)33-27(35-28)21-12-11-18-7-5-6-10-20(18)17-21/h2-4,8-9,11-17H,5-7,10H2,1H3,(H,32,36). The molecule has 1 N–H and O–H groups in total. The molecule has 0 fully saturated rings. The highest BCUT2D eigenvalue weighted by atomic mass is 16.5. The molecule has 1 aliphatic rings. The van der Waals surface area contributed by atoms with Crippen molar-refractivity contribution in [2.24, 2.45) is 0 Å². The molecule has 0 spiro atoms. The largest absolute Gasteiger partial charge is 0.453 e. The van der Waals surface area contributed by atoms with Crippen LogP contribution < -0.4 is 5.32 Å². The Bertz CT molecular complexity index is 1620. The number of amides is 1. The SMILES string of the molecule is COC(=O)Nc1c(-c2nc(-c3ccccc3)nc(-c3ccc4c(c3)CCCC4)n2)ccc2nccnc12. The van der Waals surface area contributed by atoms with E-state index < -0.39 is 6.09 Å². The van der Waals surface area contributed by atoms with Gasteiger partial charge in [0.05, 0.1) is 18.3 Å². The maximum Gasteiger partial charge on any atom is 0.411 e. The van der Waals surface area contributed by atoms with Crippen LogP contribution in [0, 0.1) is 0 Å². The minimum atomic E-state index is -0.619. The van der Waals surface area contributed by atoms with Gasteiger partial charge in [0.2, 0.25) is 0 Å². The molecule has 37 heavy (non-hydrogen) atoms. The zero-order valence-electron chi connectivity index (χ0n) is 20.3. The number of aromatic nitrogens is 5. The van der Waals surface area contributed by atoms with Crippen molar-refractivity contribution in [2.45, 2.75) is 25.7 Å². The molecule has 6 rings (SSSR count). The maximum absolute atomic E-state index is 12.3. The molecule has 3 aromatic carbocycles. The molecule has 0 radical (unpaired) electrons. The quantitative estimate of drug-likeness (QED) is 0.337. The van der Waals surface area contributed by atoms with E-state index in [1.54, 1.807) is 12.4 Å². The van der Waals surface area contributed by atoms with Crippen LogP contribution in [0.2, 0.25) is 0 Å². The summed E-state index contributed by atoms with van der Waals surface area (Å²) in [6, 6.07) is 19.9. The van der Waals surface area contributed by atoms with Gasteiger partial charge in [-0.3, -0.25) is 15.3 Å². The van der Waals surface area contributed by atoms with Gasteiger partial charge in [0.1, 0.15) is 5.52 Å². The van der Waals surface area contributed by atoms with Crippen molar-refractivity contribution in [3.8, 4) is 34.2 Å². The second kappa shape index (κ2) is 9.73. The number of ether oxygens (including phenoxy) is 1. The molecule has 0 aliphatic heterocycles. The predicted molar refractivity (Wildman–Crippen MR) is 142 cm³/mol. The third-order valence-electron chi connectivity index (χ3n) is 6.57. The first-order valence-electron chi connectivity index (χ1n) is 12.2. The third-order valence-corrected chi connectivity index (χ3v) is 6.57. The Kier molecular flexibility index (Phi) is 5.98. The Labute approximate surface area is 213 Å². The van der Waals surface area contributed by atoms with Gasteiger partial charge in [-0.25, -0.2) is 19.7 Å². The average Bonchev–Trinajstić information content (AvgIpc) is 2.97. The number of anilines is 1. The third kappa shape index (κ3) is 4.49. The molecule has 2 aromatic heterocycles. The molecule has 0 unspecified atom stereocenters. The van der Waals surface area contributed by atoms with E-state index in [9.17, 15) is 4.79 Å². The summed E-state index contributed by atoms with van der Waals surface area (Å²) < 4.78 is 4.88. The Balaban J connectivity index is 1.57. The smallest absolute Gasteiger partial charge is 0.411 e. The molecular formula is C29H24N6O2. The highest BCUT2D eigenvalue weighted by Gasteiger charge is 2.20. The Morgan fingerprint density at radius 2 is 1.51 bits per heavy atom. The van der Waals surface area contributed by atoms with E-state index in [0.29, 0.717) is 39.8 Å². The summed E-state index contributed by atoms with van der Waals surface area (Å²) in [5.41, 5.74) is 6.72. The summed E-state index contributed by atoms with van der Waals surface area (Å²) in [5.74, 6) is 1.53. The molecule has 182 valence electrons. The molecule has 1 aliphatic carbocycles. The molecule has 2 heterocycles. The van der Waals surface area contributed by atoms with Crippen LogP contribution in [0.5, 0.6) is 0 Å². The number of aryl methyl sites for hydroxylation is 2. The van der Waals surface area contributed by atoms with Gasteiger partial charge in [-0.15, -0.1) is 0 Å². The summed E-state index contributed by atoms with van der Waals surface area (Å²) in [6.45, 7) is 0. The number of hydrogen-bond donors (Lipinski definition) is 1. The van der Waals surface area contributed by atoms with Gasteiger partial charge in [0.15, 0.2) is 17.5 Å². The molecule has 1 amide bonds. The van der Waals surface area contributed by atoms with Crippen LogP contribution >= 0.6 is 0 Å². The van der Waals surface area contributed by atoms with Gasteiger partial charge >= 0.3 is 6.09 Å². The van der Waals surface area contributed by atoms with E-state index in [4.69, 9.17) is 19.7 Å². The van der Waals surface area contributed by atoms with Crippen molar-refractivity contribution in [3.05, 3.63) is 84.2 Å². The Hall–Kier alpha value is -4.72. The van der Waals surface area contributed by atoms with Crippen LogP contribution in [0.4, 0.5) is 10.5 Å². The first-order valence-corrected chi connectivity index (χ1v) is 12.2. The molecule has 0 saturated heterocycles. The highest BCUT2D eigenvalue weighted by Crippen LogP contribution is 2.34. The zero-order valence-corrected chi connectivity index (χ0v) is 20.3. The first-order chi connectivity index (χ1) is 18.2. The summed E-state index contributed by atoms with van der Waals surface area (Å²) in [5, 5.41) is 2.80. The number of benzene rings is 3. The van der Waals surface area contributed by atoms with E-state index in [2.05, 4.69) is 33.5 Å². The number of carbonyl (C=O) groups excluding carboxylic acids is 1. The molecule has 8 heteroatoms.